The highest BCUT2D eigenvalue weighted by atomic mass is 32.2. The van der Waals surface area contributed by atoms with E-state index in [0.717, 1.165) is 12.0 Å². The van der Waals surface area contributed by atoms with Crippen LogP contribution >= 0.6 is 11.8 Å². The molecule has 0 aliphatic heterocycles. The van der Waals surface area contributed by atoms with Crippen LogP contribution in [0.3, 0.4) is 0 Å². The number of nitrogens with two attached hydrogens (primary N) is 1. The van der Waals surface area contributed by atoms with E-state index in [1.807, 2.05) is 13.8 Å². The molecule has 0 aromatic heterocycles. The molecule has 102 valence electrons. The van der Waals surface area contributed by atoms with Crippen molar-refractivity contribution in [3.05, 3.63) is 12.2 Å². The molecule has 1 aliphatic carbocycles. The van der Waals surface area contributed by atoms with E-state index >= 15 is 0 Å². The first-order valence-corrected chi connectivity index (χ1v) is 7.16. The number of hydrogen-bond acceptors (Lipinski definition) is 4. The van der Waals surface area contributed by atoms with E-state index < -0.39 is 12.0 Å². The Labute approximate surface area is 112 Å². The van der Waals surface area contributed by atoms with Crippen molar-refractivity contribution >= 4 is 23.5 Å². The van der Waals surface area contributed by atoms with Gasteiger partial charge in [0, 0.05) is 23.3 Å². The summed E-state index contributed by atoms with van der Waals surface area (Å²) in [4.78, 5) is 22.6. The number of carbonyl (C=O) groups excluding carboxylic acids is 1. The van der Waals surface area contributed by atoms with Gasteiger partial charge in [-0.3, -0.25) is 9.59 Å². The number of carbonyl (C=O) groups is 2. The molecule has 0 amide bonds. The van der Waals surface area contributed by atoms with Gasteiger partial charge in [0.05, 0.1) is 0 Å². The molecular formula is C13H21NO3S. The number of aliphatic carboxylic acids is 1. The Bertz CT molecular complexity index is 356. The zero-order valence-corrected chi connectivity index (χ0v) is 11.7. The lowest BCUT2D eigenvalue weighted by Crippen LogP contribution is -2.37. The minimum Gasteiger partial charge on any atom is -0.480 e. The predicted octanol–water partition coefficient (Wildman–Crippen LogP) is 1.69. The van der Waals surface area contributed by atoms with Gasteiger partial charge in [0.25, 0.3) is 0 Å². The van der Waals surface area contributed by atoms with Crippen molar-refractivity contribution in [1.82, 2.24) is 0 Å². The number of thioether (sulfide) groups is 1. The second kappa shape index (κ2) is 6.38. The third-order valence-corrected chi connectivity index (χ3v) is 5.11. The van der Waals surface area contributed by atoms with Crippen LogP contribution in [0, 0.1) is 11.8 Å². The third kappa shape index (κ3) is 3.85. The molecule has 0 heterocycles. The molecule has 0 bridgehead atoms. The Hall–Kier alpha value is -0.810. The Morgan fingerprint density at radius 1 is 1.67 bits per heavy atom. The van der Waals surface area contributed by atoms with E-state index in [1.54, 1.807) is 0 Å². The molecular weight excluding hydrogens is 250 g/mol. The van der Waals surface area contributed by atoms with Gasteiger partial charge in [0.2, 0.25) is 0 Å². The highest BCUT2D eigenvalue weighted by molar-refractivity contribution is 8.00. The van der Waals surface area contributed by atoms with Crippen LogP contribution < -0.4 is 5.73 Å². The van der Waals surface area contributed by atoms with E-state index in [1.165, 1.54) is 11.8 Å². The molecule has 4 unspecified atom stereocenters. The third-order valence-electron chi connectivity index (χ3n) is 3.53. The lowest BCUT2D eigenvalue weighted by atomic mass is 9.79. The normalized spacial score (nSPS) is 29.9. The first-order chi connectivity index (χ1) is 8.32. The van der Waals surface area contributed by atoms with Crippen molar-refractivity contribution in [2.75, 3.05) is 5.75 Å². The molecule has 0 aromatic carbocycles. The second-order valence-electron chi connectivity index (χ2n) is 5.05. The number of ketones is 1. The predicted molar refractivity (Wildman–Crippen MR) is 73.6 cm³/mol. The number of rotatable bonds is 5. The molecule has 4 nitrogen and oxygen atoms in total. The van der Waals surface area contributed by atoms with Crippen LogP contribution in [0.2, 0.25) is 0 Å². The van der Waals surface area contributed by atoms with Crippen molar-refractivity contribution in [2.24, 2.45) is 17.6 Å². The summed E-state index contributed by atoms with van der Waals surface area (Å²) in [5, 5.41) is 8.90. The van der Waals surface area contributed by atoms with Crippen LogP contribution in [0.5, 0.6) is 0 Å². The number of carboxylic acid groups (broad SMARTS) is 1. The molecule has 0 spiro atoms. The fraction of sp³-hybridized carbons (Fsp3) is 0.692. The van der Waals surface area contributed by atoms with Crippen LogP contribution in [0.4, 0.5) is 0 Å². The summed E-state index contributed by atoms with van der Waals surface area (Å²) in [6, 6.07) is -0.859. The van der Waals surface area contributed by atoms with Crippen molar-refractivity contribution in [3.8, 4) is 0 Å². The van der Waals surface area contributed by atoms with Gasteiger partial charge in [-0.25, -0.2) is 0 Å². The monoisotopic (exact) mass is 271 g/mol. The largest absolute Gasteiger partial charge is 0.480 e. The zero-order chi connectivity index (χ0) is 13.9. The summed E-state index contributed by atoms with van der Waals surface area (Å²) in [6.45, 7) is 7.78. The van der Waals surface area contributed by atoms with Crippen LogP contribution in [-0.4, -0.2) is 33.9 Å². The summed E-state index contributed by atoms with van der Waals surface area (Å²) in [5.74, 6) is -0.191. The maximum Gasteiger partial charge on any atom is 0.321 e. The van der Waals surface area contributed by atoms with E-state index in [0.29, 0.717) is 12.2 Å². The van der Waals surface area contributed by atoms with Gasteiger partial charge in [-0.05, 0) is 19.3 Å². The Morgan fingerprint density at radius 3 is 2.78 bits per heavy atom. The van der Waals surface area contributed by atoms with Gasteiger partial charge in [-0.2, -0.15) is 11.8 Å². The van der Waals surface area contributed by atoms with E-state index in [4.69, 9.17) is 10.8 Å². The van der Waals surface area contributed by atoms with Crippen molar-refractivity contribution in [1.29, 1.82) is 0 Å². The average molecular weight is 271 g/mol. The molecule has 0 aromatic rings. The Kier molecular flexibility index (Phi) is 5.41. The Balaban J connectivity index is 2.59. The van der Waals surface area contributed by atoms with E-state index in [-0.39, 0.29) is 22.9 Å². The van der Waals surface area contributed by atoms with Gasteiger partial charge >= 0.3 is 5.97 Å². The molecule has 1 fully saturated rings. The van der Waals surface area contributed by atoms with Gasteiger partial charge in [-0.15, -0.1) is 0 Å². The van der Waals surface area contributed by atoms with Crippen LogP contribution in [0.15, 0.2) is 12.2 Å². The fourth-order valence-corrected chi connectivity index (χ4v) is 3.50. The fourth-order valence-electron chi connectivity index (χ4n) is 2.09. The molecule has 0 saturated heterocycles. The molecule has 0 radical (unpaired) electrons. The average Bonchev–Trinajstić information content (AvgIpc) is 2.29. The second-order valence-corrected chi connectivity index (χ2v) is 6.33. The summed E-state index contributed by atoms with van der Waals surface area (Å²) >= 11 is 1.50. The summed E-state index contributed by atoms with van der Waals surface area (Å²) < 4.78 is 0. The van der Waals surface area contributed by atoms with Gasteiger partial charge < -0.3 is 10.8 Å². The smallest absolute Gasteiger partial charge is 0.321 e. The quantitative estimate of drug-likeness (QED) is 0.744. The minimum atomic E-state index is -0.992. The maximum atomic E-state index is 11.9. The molecule has 1 aliphatic rings. The SMILES string of the molecule is C=C(C)C1CC(=O)C(C)C(SCC(N)C(=O)O)C1. The number of hydrogen-bond donors (Lipinski definition) is 2. The zero-order valence-electron chi connectivity index (χ0n) is 10.9. The van der Waals surface area contributed by atoms with Crippen LogP contribution in [0.1, 0.15) is 26.7 Å². The molecule has 1 saturated carbocycles. The minimum absolute atomic E-state index is 0.0217. The van der Waals surface area contributed by atoms with Crippen molar-refractivity contribution in [2.45, 2.75) is 38.0 Å². The number of allylic oxidation sites excluding steroid dienone is 1. The first kappa shape index (κ1) is 15.2. The van der Waals surface area contributed by atoms with Gasteiger partial charge in [0.1, 0.15) is 11.8 Å². The lowest BCUT2D eigenvalue weighted by Gasteiger charge is -2.33. The summed E-state index contributed by atoms with van der Waals surface area (Å²) in [6.07, 6.45) is 1.46. The molecule has 18 heavy (non-hydrogen) atoms. The van der Waals surface area contributed by atoms with Gasteiger partial charge in [0.15, 0.2) is 0 Å². The first-order valence-electron chi connectivity index (χ1n) is 6.11. The molecule has 1 rings (SSSR count). The van der Waals surface area contributed by atoms with Gasteiger partial charge in [-0.1, -0.05) is 19.1 Å². The maximum absolute atomic E-state index is 11.9. The molecule has 3 N–H and O–H groups in total. The highest BCUT2D eigenvalue weighted by Gasteiger charge is 2.34. The molecule has 5 heteroatoms. The van der Waals surface area contributed by atoms with Crippen LogP contribution in [0.25, 0.3) is 0 Å². The number of Topliss-reactive ketones (excluding diaryl/α,β-unsaturated/α-hetero) is 1. The number of carboxylic acids is 1. The summed E-state index contributed by atoms with van der Waals surface area (Å²) in [7, 11) is 0. The highest BCUT2D eigenvalue weighted by Crippen LogP contribution is 2.37. The van der Waals surface area contributed by atoms with Crippen LogP contribution in [-0.2, 0) is 9.59 Å². The summed E-state index contributed by atoms with van der Waals surface area (Å²) in [5.41, 5.74) is 6.52. The van der Waals surface area contributed by atoms with Crippen molar-refractivity contribution < 1.29 is 14.7 Å². The Morgan fingerprint density at radius 2 is 2.28 bits per heavy atom. The standard InChI is InChI=1S/C13H21NO3S/c1-7(2)9-4-11(15)8(3)12(5-9)18-6-10(14)13(16)17/h8-10,12H,1,4-6,14H2,2-3H3,(H,16,17). The van der Waals surface area contributed by atoms with E-state index in [2.05, 4.69) is 6.58 Å². The molecule has 4 atom stereocenters. The van der Waals surface area contributed by atoms with Crippen molar-refractivity contribution in [3.63, 3.8) is 0 Å². The topological polar surface area (TPSA) is 80.4 Å². The van der Waals surface area contributed by atoms with E-state index in [9.17, 15) is 9.59 Å². The lowest BCUT2D eigenvalue weighted by molar-refractivity contribution is -0.137.